The highest BCUT2D eigenvalue weighted by Gasteiger charge is 2.16. The molecule has 0 saturated heterocycles. The molecule has 0 bridgehead atoms. The molecule has 6 nitrogen and oxygen atoms in total. The Hall–Kier alpha value is -2.50. The van der Waals surface area contributed by atoms with Gasteiger partial charge in [-0.2, -0.15) is 0 Å². The lowest BCUT2D eigenvalue weighted by Gasteiger charge is -2.05. The van der Waals surface area contributed by atoms with Crippen LogP contribution in [0.4, 0.5) is 0 Å². The SMILES string of the molecule is COc1ccc2c(=O)c(O)c(C(=O)O)[nH]c2c1. The van der Waals surface area contributed by atoms with Crippen LogP contribution >= 0.6 is 0 Å². The first kappa shape index (κ1) is 11.0. The van der Waals surface area contributed by atoms with E-state index in [1.807, 2.05) is 0 Å². The van der Waals surface area contributed by atoms with Crippen molar-refractivity contribution in [1.29, 1.82) is 0 Å². The van der Waals surface area contributed by atoms with Crippen LogP contribution in [0, 0.1) is 0 Å². The second kappa shape index (κ2) is 3.82. The summed E-state index contributed by atoms with van der Waals surface area (Å²) in [6.45, 7) is 0. The number of aromatic hydroxyl groups is 1. The van der Waals surface area contributed by atoms with Gasteiger partial charge >= 0.3 is 5.97 Å². The standard InChI is InChI=1S/C11H9NO5/c1-17-5-2-3-6-7(4-5)12-8(11(15)16)10(14)9(6)13/h2-4,14H,1H3,(H,12,13)(H,15,16). The van der Waals surface area contributed by atoms with Gasteiger partial charge in [0, 0.05) is 11.5 Å². The van der Waals surface area contributed by atoms with Crippen molar-refractivity contribution in [3.05, 3.63) is 34.1 Å². The van der Waals surface area contributed by atoms with Crippen molar-refractivity contribution in [2.24, 2.45) is 0 Å². The quantitative estimate of drug-likeness (QED) is 0.719. The third-order valence-electron chi connectivity index (χ3n) is 2.40. The molecule has 88 valence electrons. The average molecular weight is 235 g/mol. The number of carboxylic acids is 1. The molecule has 0 fully saturated rings. The van der Waals surface area contributed by atoms with E-state index in [-0.39, 0.29) is 5.39 Å². The summed E-state index contributed by atoms with van der Waals surface area (Å²) in [6.07, 6.45) is 0. The van der Waals surface area contributed by atoms with Gasteiger partial charge in [-0.25, -0.2) is 4.79 Å². The predicted molar refractivity (Wildman–Crippen MR) is 59.7 cm³/mol. The number of pyridine rings is 1. The predicted octanol–water partition coefficient (Wildman–Crippen LogP) is 0.940. The maximum atomic E-state index is 11.7. The molecule has 0 spiro atoms. The molecule has 1 aromatic carbocycles. The smallest absolute Gasteiger partial charge is 0.356 e. The highest BCUT2D eigenvalue weighted by Crippen LogP contribution is 2.20. The first-order valence-corrected chi connectivity index (χ1v) is 4.71. The van der Waals surface area contributed by atoms with Crippen LogP contribution in [0.15, 0.2) is 23.0 Å². The Balaban J connectivity index is 2.86. The number of rotatable bonds is 2. The molecule has 0 unspecified atom stereocenters. The molecule has 0 radical (unpaired) electrons. The van der Waals surface area contributed by atoms with Crippen LogP contribution < -0.4 is 10.2 Å². The molecule has 0 amide bonds. The minimum Gasteiger partial charge on any atom is -0.502 e. The van der Waals surface area contributed by atoms with Crippen molar-refractivity contribution in [2.75, 3.05) is 7.11 Å². The lowest BCUT2D eigenvalue weighted by atomic mass is 10.1. The first-order chi connectivity index (χ1) is 8.04. The van der Waals surface area contributed by atoms with Gasteiger partial charge in [-0.15, -0.1) is 0 Å². The van der Waals surface area contributed by atoms with Crippen molar-refractivity contribution in [2.45, 2.75) is 0 Å². The van der Waals surface area contributed by atoms with E-state index in [0.717, 1.165) is 0 Å². The summed E-state index contributed by atoms with van der Waals surface area (Å²) in [5.41, 5.74) is -0.959. The van der Waals surface area contributed by atoms with E-state index in [1.165, 1.54) is 19.2 Å². The lowest BCUT2D eigenvalue weighted by Crippen LogP contribution is -2.11. The van der Waals surface area contributed by atoms with Crippen LogP contribution in [0.25, 0.3) is 10.9 Å². The van der Waals surface area contributed by atoms with Crippen molar-refractivity contribution in [3.8, 4) is 11.5 Å². The molecule has 2 aromatic rings. The van der Waals surface area contributed by atoms with Gasteiger partial charge < -0.3 is 19.9 Å². The number of aromatic amines is 1. The molecule has 0 aliphatic carbocycles. The summed E-state index contributed by atoms with van der Waals surface area (Å²) in [4.78, 5) is 25.0. The summed E-state index contributed by atoms with van der Waals surface area (Å²) in [7, 11) is 1.46. The molecule has 2 rings (SSSR count). The molecule has 0 saturated carbocycles. The minimum atomic E-state index is -1.40. The van der Waals surface area contributed by atoms with Crippen LogP contribution in [0.3, 0.4) is 0 Å². The number of ether oxygens (including phenoxy) is 1. The molecule has 0 aliphatic heterocycles. The van der Waals surface area contributed by atoms with Gasteiger partial charge in [0.15, 0.2) is 11.4 Å². The number of hydrogen-bond donors (Lipinski definition) is 3. The van der Waals surface area contributed by atoms with Gasteiger partial charge in [-0.05, 0) is 12.1 Å². The number of fused-ring (bicyclic) bond motifs is 1. The molecule has 0 atom stereocenters. The Labute approximate surface area is 95.1 Å². The number of benzene rings is 1. The number of carbonyl (C=O) groups is 1. The number of aromatic carboxylic acids is 1. The van der Waals surface area contributed by atoms with Crippen LogP contribution in [-0.2, 0) is 0 Å². The van der Waals surface area contributed by atoms with Crippen molar-refractivity contribution < 1.29 is 19.7 Å². The summed E-state index contributed by atoms with van der Waals surface area (Å²) in [5, 5.41) is 18.5. The monoisotopic (exact) mass is 235 g/mol. The van der Waals surface area contributed by atoms with Crippen molar-refractivity contribution in [1.82, 2.24) is 4.98 Å². The third kappa shape index (κ3) is 1.69. The largest absolute Gasteiger partial charge is 0.502 e. The normalized spacial score (nSPS) is 10.4. The first-order valence-electron chi connectivity index (χ1n) is 4.71. The van der Waals surface area contributed by atoms with E-state index in [1.54, 1.807) is 6.07 Å². The second-order valence-electron chi connectivity index (χ2n) is 3.39. The Morgan fingerprint density at radius 1 is 1.41 bits per heavy atom. The van der Waals surface area contributed by atoms with E-state index in [2.05, 4.69) is 4.98 Å². The van der Waals surface area contributed by atoms with E-state index in [9.17, 15) is 14.7 Å². The topological polar surface area (TPSA) is 99.6 Å². The summed E-state index contributed by atoms with van der Waals surface area (Å²) >= 11 is 0. The molecule has 1 aromatic heterocycles. The molecule has 6 heteroatoms. The fourth-order valence-corrected chi connectivity index (χ4v) is 1.54. The van der Waals surface area contributed by atoms with Crippen molar-refractivity contribution in [3.63, 3.8) is 0 Å². The van der Waals surface area contributed by atoms with Crippen LogP contribution in [0.1, 0.15) is 10.5 Å². The van der Waals surface area contributed by atoms with E-state index >= 15 is 0 Å². The summed E-state index contributed by atoms with van der Waals surface area (Å²) < 4.78 is 4.96. The van der Waals surface area contributed by atoms with Gasteiger partial charge in [0.25, 0.3) is 0 Å². The van der Waals surface area contributed by atoms with Gasteiger partial charge in [0.05, 0.1) is 12.6 Å². The van der Waals surface area contributed by atoms with Gasteiger partial charge in [0.1, 0.15) is 5.75 Å². The number of hydrogen-bond acceptors (Lipinski definition) is 4. The molecule has 3 N–H and O–H groups in total. The van der Waals surface area contributed by atoms with E-state index in [0.29, 0.717) is 11.3 Å². The maximum Gasteiger partial charge on any atom is 0.356 e. The Kier molecular flexibility index (Phi) is 2.47. The molecular formula is C11H9NO5. The Bertz CT molecular complexity index is 659. The average Bonchev–Trinajstić information content (AvgIpc) is 2.32. The molecule has 0 aliphatic rings. The Morgan fingerprint density at radius 3 is 2.71 bits per heavy atom. The molecule has 17 heavy (non-hydrogen) atoms. The van der Waals surface area contributed by atoms with E-state index < -0.39 is 22.8 Å². The summed E-state index contributed by atoms with van der Waals surface area (Å²) in [5.74, 6) is -1.71. The number of nitrogens with one attached hydrogen (secondary N) is 1. The second-order valence-corrected chi connectivity index (χ2v) is 3.39. The number of carboxylic acid groups (broad SMARTS) is 1. The van der Waals surface area contributed by atoms with E-state index in [4.69, 9.17) is 9.84 Å². The lowest BCUT2D eigenvalue weighted by molar-refractivity contribution is 0.0687. The van der Waals surface area contributed by atoms with Crippen LogP contribution in [-0.4, -0.2) is 28.3 Å². The Morgan fingerprint density at radius 2 is 2.12 bits per heavy atom. The highest BCUT2D eigenvalue weighted by atomic mass is 16.5. The zero-order chi connectivity index (χ0) is 12.6. The maximum absolute atomic E-state index is 11.7. The van der Waals surface area contributed by atoms with Crippen molar-refractivity contribution >= 4 is 16.9 Å². The minimum absolute atomic E-state index is 0.202. The van der Waals surface area contributed by atoms with Gasteiger partial charge in [0.2, 0.25) is 5.43 Å². The third-order valence-corrected chi connectivity index (χ3v) is 2.40. The summed E-state index contributed by atoms with van der Waals surface area (Å²) in [6, 6.07) is 4.50. The number of methoxy groups -OCH3 is 1. The molecular weight excluding hydrogens is 226 g/mol. The van der Waals surface area contributed by atoms with Crippen LogP contribution in [0.2, 0.25) is 0 Å². The van der Waals surface area contributed by atoms with Crippen LogP contribution in [0.5, 0.6) is 11.5 Å². The fraction of sp³-hybridized carbons (Fsp3) is 0.0909. The zero-order valence-electron chi connectivity index (χ0n) is 8.85. The fourth-order valence-electron chi connectivity index (χ4n) is 1.54. The highest BCUT2D eigenvalue weighted by molar-refractivity contribution is 5.93. The van der Waals surface area contributed by atoms with Gasteiger partial charge in [-0.3, -0.25) is 4.79 Å². The number of aromatic nitrogens is 1. The number of H-pyrrole nitrogens is 1. The molecule has 1 heterocycles. The zero-order valence-corrected chi connectivity index (χ0v) is 8.85. The van der Waals surface area contributed by atoms with Gasteiger partial charge in [-0.1, -0.05) is 0 Å².